The molecule has 1 nitrogen and oxygen atoms in total. The highest BCUT2D eigenvalue weighted by Crippen LogP contribution is 2.21. The lowest BCUT2D eigenvalue weighted by molar-refractivity contribution is 0.422. The molecule has 1 aromatic carbocycles. The number of halogens is 2. The van der Waals surface area contributed by atoms with Crippen LogP contribution in [0.3, 0.4) is 0 Å². The molecule has 0 saturated heterocycles. The van der Waals surface area contributed by atoms with Crippen molar-refractivity contribution in [3.8, 4) is 0 Å². The van der Waals surface area contributed by atoms with Gasteiger partial charge in [0.05, 0.1) is 4.47 Å². The minimum absolute atomic E-state index is 0.207. The molecule has 0 aliphatic heterocycles. The average molecular weight is 302 g/mol. The van der Waals surface area contributed by atoms with Crippen molar-refractivity contribution in [3.05, 3.63) is 34.1 Å². The summed E-state index contributed by atoms with van der Waals surface area (Å²) < 4.78 is 13.7. The van der Waals surface area contributed by atoms with Crippen LogP contribution in [0, 0.1) is 11.7 Å². The summed E-state index contributed by atoms with van der Waals surface area (Å²) in [6, 6.07) is 5.45. The SMILES string of the molecule is CCC(CC)CNC(C)c1ccc(F)c(Br)c1. The molecule has 0 saturated carbocycles. The zero-order valence-electron chi connectivity index (χ0n) is 10.8. The highest BCUT2D eigenvalue weighted by atomic mass is 79.9. The van der Waals surface area contributed by atoms with E-state index in [0.717, 1.165) is 18.0 Å². The van der Waals surface area contributed by atoms with Crippen molar-refractivity contribution in [2.45, 2.75) is 39.7 Å². The lowest BCUT2D eigenvalue weighted by Gasteiger charge is -2.19. The highest BCUT2D eigenvalue weighted by Gasteiger charge is 2.10. The Kier molecular flexibility index (Phi) is 6.14. The smallest absolute Gasteiger partial charge is 0.137 e. The van der Waals surface area contributed by atoms with Crippen LogP contribution >= 0.6 is 15.9 Å². The standard InChI is InChI=1S/C14H21BrFN/c1-4-11(5-2)9-17-10(3)12-6-7-14(16)13(15)8-12/h6-8,10-11,17H,4-5,9H2,1-3H3. The van der Waals surface area contributed by atoms with Gasteiger partial charge in [-0.2, -0.15) is 0 Å². The zero-order chi connectivity index (χ0) is 12.8. The Morgan fingerprint density at radius 3 is 2.47 bits per heavy atom. The van der Waals surface area contributed by atoms with Gasteiger partial charge in [0.1, 0.15) is 5.82 Å². The molecular formula is C14H21BrFN. The van der Waals surface area contributed by atoms with Gasteiger partial charge in [0.15, 0.2) is 0 Å². The predicted molar refractivity (Wildman–Crippen MR) is 74.6 cm³/mol. The maximum atomic E-state index is 13.1. The molecule has 0 fully saturated rings. The van der Waals surface area contributed by atoms with Gasteiger partial charge in [0, 0.05) is 6.04 Å². The molecule has 0 aromatic heterocycles. The number of rotatable bonds is 6. The van der Waals surface area contributed by atoms with Crippen LogP contribution in [0.5, 0.6) is 0 Å². The largest absolute Gasteiger partial charge is 0.310 e. The van der Waals surface area contributed by atoms with Crippen LogP contribution in [-0.4, -0.2) is 6.54 Å². The molecule has 1 aromatic rings. The van der Waals surface area contributed by atoms with Crippen molar-refractivity contribution >= 4 is 15.9 Å². The fraction of sp³-hybridized carbons (Fsp3) is 0.571. The van der Waals surface area contributed by atoms with E-state index in [9.17, 15) is 4.39 Å². The Morgan fingerprint density at radius 1 is 1.29 bits per heavy atom. The van der Waals surface area contributed by atoms with E-state index in [2.05, 4.69) is 42.0 Å². The van der Waals surface area contributed by atoms with Gasteiger partial charge in [-0.1, -0.05) is 32.8 Å². The Morgan fingerprint density at radius 2 is 1.94 bits per heavy atom. The minimum atomic E-state index is -0.207. The normalized spacial score (nSPS) is 13.1. The van der Waals surface area contributed by atoms with E-state index < -0.39 is 0 Å². The van der Waals surface area contributed by atoms with E-state index in [0.29, 0.717) is 4.47 Å². The predicted octanol–water partition coefficient (Wildman–Crippen LogP) is 4.68. The Hall–Kier alpha value is -0.410. The quantitative estimate of drug-likeness (QED) is 0.805. The summed E-state index contributed by atoms with van der Waals surface area (Å²) in [4.78, 5) is 0. The van der Waals surface area contributed by atoms with Crippen molar-refractivity contribution in [2.24, 2.45) is 5.92 Å². The fourth-order valence-electron chi connectivity index (χ4n) is 1.82. The van der Waals surface area contributed by atoms with Crippen molar-refractivity contribution in [1.82, 2.24) is 5.32 Å². The van der Waals surface area contributed by atoms with Gasteiger partial charge in [-0.3, -0.25) is 0 Å². The molecule has 17 heavy (non-hydrogen) atoms. The molecule has 0 aliphatic rings. The van der Waals surface area contributed by atoms with Gasteiger partial charge >= 0.3 is 0 Å². The molecule has 0 heterocycles. The monoisotopic (exact) mass is 301 g/mol. The van der Waals surface area contributed by atoms with E-state index >= 15 is 0 Å². The number of hydrogen-bond acceptors (Lipinski definition) is 1. The summed E-state index contributed by atoms with van der Waals surface area (Å²) in [7, 11) is 0. The summed E-state index contributed by atoms with van der Waals surface area (Å²) >= 11 is 3.22. The van der Waals surface area contributed by atoms with Gasteiger partial charge in [0.2, 0.25) is 0 Å². The third-order valence-corrected chi connectivity index (χ3v) is 3.92. The summed E-state index contributed by atoms with van der Waals surface area (Å²) in [6.07, 6.45) is 2.40. The summed E-state index contributed by atoms with van der Waals surface area (Å²) in [5.74, 6) is 0.516. The van der Waals surface area contributed by atoms with Crippen LogP contribution in [0.2, 0.25) is 0 Å². The van der Waals surface area contributed by atoms with Crippen molar-refractivity contribution < 1.29 is 4.39 Å². The molecule has 0 bridgehead atoms. The zero-order valence-corrected chi connectivity index (χ0v) is 12.3. The molecule has 0 spiro atoms. The van der Waals surface area contributed by atoms with Crippen LogP contribution in [0.15, 0.2) is 22.7 Å². The summed E-state index contributed by atoms with van der Waals surface area (Å²) in [5.41, 5.74) is 1.12. The molecule has 1 atom stereocenters. The van der Waals surface area contributed by atoms with Gasteiger partial charge in [0.25, 0.3) is 0 Å². The Bertz CT molecular complexity index is 350. The van der Waals surface area contributed by atoms with Crippen molar-refractivity contribution in [2.75, 3.05) is 6.54 Å². The van der Waals surface area contributed by atoms with Crippen molar-refractivity contribution in [3.63, 3.8) is 0 Å². The maximum absolute atomic E-state index is 13.1. The molecule has 3 heteroatoms. The second-order valence-corrected chi connectivity index (χ2v) is 5.34. The molecule has 1 unspecified atom stereocenters. The van der Waals surface area contributed by atoms with Crippen LogP contribution in [-0.2, 0) is 0 Å². The first-order chi connectivity index (χ1) is 8.08. The van der Waals surface area contributed by atoms with Gasteiger partial charge in [-0.15, -0.1) is 0 Å². The second kappa shape index (κ2) is 7.12. The average Bonchev–Trinajstić information content (AvgIpc) is 2.33. The molecular weight excluding hydrogens is 281 g/mol. The lowest BCUT2D eigenvalue weighted by atomic mass is 10.0. The highest BCUT2D eigenvalue weighted by molar-refractivity contribution is 9.10. The summed E-state index contributed by atoms with van der Waals surface area (Å²) in [5, 5.41) is 3.50. The van der Waals surface area contributed by atoms with E-state index in [1.54, 1.807) is 0 Å². The third-order valence-electron chi connectivity index (χ3n) is 3.31. The van der Waals surface area contributed by atoms with Gasteiger partial charge in [-0.25, -0.2) is 4.39 Å². The molecule has 0 radical (unpaired) electrons. The topological polar surface area (TPSA) is 12.0 Å². The van der Waals surface area contributed by atoms with Gasteiger partial charge < -0.3 is 5.32 Å². The van der Waals surface area contributed by atoms with E-state index in [1.807, 2.05) is 12.1 Å². The number of benzene rings is 1. The number of hydrogen-bond donors (Lipinski definition) is 1. The first kappa shape index (κ1) is 14.7. The summed E-state index contributed by atoms with van der Waals surface area (Å²) in [6.45, 7) is 7.56. The number of nitrogens with one attached hydrogen (secondary N) is 1. The van der Waals surface area contributed by atoms with Crippen molar-refractivity contribution in [1.29, 1.82) is 0 Å². The fourth-order valence-corrected chi connectivity index (χ4v) is 2.22. The van der Waals surface area contributed by atoms with Crippen LogP contribution in [0.25, 0.3) is 0 Å². The Labute approximate surface area is 112 Å². The molecule has 96 valence electrons. The van der Waals surface area contributed by atoms with E-state index in [-0.39, 0.29) is 11.9 Å². The molecule has 0 aliphatic carbocycles. The van der Waals surface area contributed by atoms with E-state index in [1.165, 1.54) is 18.9 Å². The lowest BCUT2D eigenvalue weighted by Crippen LogP contribution is -2.25. The third kappa shape index (κ3) is 4.40. The van der Waals surface area contributed by atoms with Crippen LogP contribution in [0.4, 0.5) is 4.39 Å². The maximum Gasteiger partial charge on any atom is 0.137 e. The van der Waals surface area contributed by atoms with Crippen LogP contribution < -0.4 is 5.32 Å². The minimum Gasteiger partial charge on any atom is -0.310 e. The molecule has 1 N–H and O–H groups in total. The first-order valence-corrected chi connectivity index (χ1v) is 7.06. The second-order valence-electron chi connectivity index (χ2n) is 4.49. The molecule has 0 amide bonds. The molecule has 1 rings (SSSR count). The van der Waals surface area contributed by atoms with Gasteiger partial charge in [-0.05, 0) is 53.0 Å². The van der Waals surface area contributed by atoms with E-state index in [4.69, 9.17) is 0 Å². The Balaban J connectivity index is 2.57. The van der Waals surface area contributed by atoms with Crippen LogP contribution in [0.1, 0.15) is 45.2 Å². The first-order valence-electron chi connectivity index (χ1n) is 6.26.